The highest BCUT2D eigenvalue weighted by atomic mass is 16.2. The summed E-state index contributed by atoms with van der Waals surface area (Å²) in [6.07, 6.45) is 4.05. The monoisotopic (exact) mass is 358 g/mol. The van der Waals surface area contributed by atoms with Gasteiger partial charge in [-0.15, -0.1) is 0 Å². The fraction of sp³-hybridized carbons (Fsp3) is 0.174. The van der Waals surface area contributed by atoms with Crippen molar-refractivity contribution >= 4 is 17.4 Å². The highest BCUT2D eigenvalue weighted by Gasteiger charge is 2.22. The highest BCUT2D eigenvalue weighted by Crippen LogP contribution is 2.25. The van der Waals surface area contributed by atoms with E-state index in [1.54, 1.807) is 24.5 Å². The van der Waals surface area contributed by atoms with Gasteiger partial charge in [0.2, 0.25) is 5.91 Å². The maximum Gasteiger partial charge on any atom is 0.232 e. The number of anilines is 1. The van der Waals surface area contributed by atoms with Crippen molar-refractivity contribution in [1.82, 2.24) is 4.98 Å². The number of Topliss-reactive ketones (excluding diaryl/α,β-unsaturated/α-hetero) is 1. The molecule has 0 aliphatic heterocycles. The fourth-order valence-corrected chi connectivity index (χ4v) is 3.00. The lowest BCUT2D eigenvalue weighted by atomic mass is 9.91. The van der Waals surface area contributed by atoms with E-state index in [0.29, 0.717) is 17.7 Å². The molecule has 1 heterocycles. The number of aromatic nitrogens is 1. The molecule has 4 heteroatoms. The zero-order chi connectivity index (χ0) is 19.2. The number of ketones is 1. The number of amides is 1. The quantitative estimate of drug-likeness (QED) is 0.657. The molecular formula is C23H22N2O2. The Morgan fingerprint density at radius 3 is 2.48 bits per heavy atom. The van der Waals surface area contributed by atoms with Gasteiger partial charge < -0.3 is 5.32 Å². The molecule has 0 aliphatic carbocycles. The molecule has 0 fully saturated rings. The van der Waals surface area contributed by atoms with Crippen molar-refractivity contribution in [1.29, 1.82) is 0 Å². The first-order valence-electron chi connectivity index (χ1n) is 8.91. The van der Waals surface area contributed by atoms with Crippen molar-refractivity contribution in [3.8, 4) is 0 Å². The molecule has 136 valence electrons. The summed E-state index contributed by atoms with van der Waals surface area (Å²) in [5.41, 5.74) is 4.11. The fourth-order valence-electron chi connectivity index (χ4n) is 3.00. The van der Waals surface area contributed by atoms with E-state index >= 15 is 0 Å². The van der Waals surface area contributed by atoms with Gasteiger partial charge in [0.25, 0.3) is 0 Å². The average molecular weight is 358 g/mol. The Morgan fingerprint density at radius 1 is 1.04 bits per heavy atom. The van der Waals surface area contributed by atoms with Crippen LogP contribution in [0.25, 0.3) is 0 Å². The molecule has 0 spiro atoms. The van der Waals surface area contributed by atoms with Crippen molar-refractivity contribution in [2.24, 2.45) is 0 Å². The second-order valence-corrected chi connectivity index (χ2v) is 6.60. The summed E-state index contributed by atoms with van der Waals surface area (Å²) in [4.78, 5) is 29.0. The van der Waals surface area contributed by atoms with E-state index < -0.39 is 0 Å². The van der Waals surface area contributed by atoms with Crippen LogP contribution in [0.4, 0.5) is 5.69 Å². The first kappa shape index (κ1) is 18.5. The SMILES string of the molecule is CC(=O)c1ccc(C)c(NC(=O)C(Cc2cccnc2)c2ccccc2)c1. The number of carbonyl (C=O) groups excluding carboxylic acids is 2. The topological polar surface area (TPSA) is 59.1 Å². The largest absolute Gasteiger partial charge is 0.325 e. The summed E-state index contributed by atoms with van der Waals surface area (Å²) in [6, 6.07) is 18.9. The van der Waals surface area contributed by atoms with Gasteiger partial charge in [0, 0.05) is 23.6 Å². The number of benzene rings is 2. The molecule has 3 aromatic rings. The van der Waals surface area contributed by atoms with Crippen molar-refractivity contribution in [3.63, 3.8) is 0 Å². The lowest BCUT2D eigenvalue weighted by molar-refractivity contribution is -0.117. The van der Waals surface area contributed by atoms with Gasteiger partial charge >= 0.3 is 0 Å². The number of hydrogen-bond acceptors (Lipinski definition) is 3. The molecule has 3 rings (SSSR count). The predicted molar refractivity (Wildman–Crippen MR) is 107 cm³/mol. The maximum atomic E-state index is 13.1. The van der Waals surface area contributed by atoms with E-state index in [4.69, 9.17) is 0 Å². The normalized spacial score (nSPS) is 11.6. The minimum atomic E-state index is -0.351. The molecule has 1 amide bonds. The molecule has 0 saturated carbocycles. The second-order valence-electron chi connectivity index (χ2n) is 6.60. The van der Waals surface area contributed by atoms with Crippen LogP contribution in [0.2, 0.25) is 0 Å². The number of nitrogens with zero attached hydrogens (tertiary/aromatic N) is 1. The zero-order valence-electron chi connectivity index (χ0n) is 15.5. The smallest absolute Gasteiger partial charge is 0.232 e. The average Bonchev–Trinajstić information content (AvgIpc) is 2.69. The van der Waals surface area contributed by atoms with Crippen LogP contribution in [0.3, 0.4) is 0 Å². The van der Waals surface area contributed by atoms with Crippen LogP contribution in [0.5, 0.6) is 0 Å². The summed E-state index contributed by atoms with van der Waals surface area (Å²) in [7, 11) is 0. The maximum absolute atomic E-state index is 13.1. The molecule has 4 nitrogen and oxygen atoms in total. The molecule has 1 unspecified atom stereocenters. The minimum absolute atomic E-state index is 0.0273. The Morgan fingerprint density at radius 2 is 1.81 bits per heavy atom. The standard InChI is InChI=1S/C23H22N2O2/c1-16-10-11-20(17(2)26)14-22(16)25-23(27)21(19-8-4-3-5-9-19)13-18-7-6-12-24-15-18/h3-12,14-15,21H,13H2,1-2H3,(H,25,27). The Bertz CT molecular complexity index is 937. The summed E-state index contributed by atoms with van der Waals surface area (Å²) in [5, 5.41) is 3.01. The lowest BCUT2D eigenvalue weighted by Gasteiger charge is -2.18. The van der Waals surface area contributed by atoms with Crippen LogP contribution in [0.15, 0.2) is 73.1 Å². The number of nitrogens with one attached hydrogen (secondary N) is 1. The van der Waals surface area contributed by atoms with Gasteiger partial charge in [0.15, 0.2) is 5.78 Å². The van der Waals surface area contributed by atoms with Crippen LogP contribution in [-0.4, -0.2) is 16.7 Å². The molecule has 0 saturated heterocycles. The van der Waals surface area contributed by atoms with Crippen LogP contribution in [-0.2, 0) is 11.2 Å². The van der Waals surface area contributed by atoms with E-state index in [0.717, 1.165) is 16.7 Å². The van der Waals surface area contributed by atoms with Crippen molar-refractivity contribution in [2.75, 3.05) is 5.32 Å². The van der Waals surface area contributed by atoms with Gasteiger partial charge in [-0.25, -0.2) is 0 Å². The number of aryl methyl sites for hydroxylation is 1. The molecule has 0 radical (unpaired) electrons. The first-order chi connectivity index (χ1) is 13.0. The molecule has 27 heavy (non-hydrogen) atoms. The Kier molecular flexibility index (Phi) is 5.77. The van der Waals surface area contributed by atoms with E-state index in [1.165, 1.54) is 6.92 Å². The van der Waals surface area contributed by atoms with Crippen molar-refractivity contribution in [2.45, 2.75) is 26.2 Å². The summed E-state index contributed by atoms with van der Waals surface area (Å²) >= 11 is 0. The third-order valence-corrected chi connectivity index (χ3v) is 4.58. The van der Waals surface area contributed by atoms with E-state index in [1.807, 2.05) is 55.5 Å². The van der Waals surface area contributed by atoms with E-state index in [-0.39, 0.29) is 17.6 Å². The van der Waals surface area contributed by atoms with Gasteiger partial charge in [-0.3, -0.25) is 14.6 Å². The van der Waals surface area contributed by atoms with Crippen molar-refractivity contribution < 1.29 is 9.59 Å². The van der Waals surface area contributed by atoms with Gasteiger partial charge in [-0.1, -0.05) is 48.5 Å². The number of rotatable bonds is 6. The number of hydrogen-bond donors (Lipinski definition) is 1. The van der Waals surface area contributed by atoms with Gasteiger partial charge in [0.1, 0.15) is 0 Å². The highest BCUT2D eigenvalue weighted by molar-refractivity contribution is 5.99. The first-order valence-corrected chi connectivity index (χ1v) is 8.91. The zero-order valence-corrected chi connectivity index (χ0v) is 15.5. The molecule has 1 aromatic heterocycles. The van der Waals surface area contributed by atoms with E-state index in [9.17, 15) is 9.59 Å². The molecule has 0 aliphatic rings. The number of carbonyl (C=O) groups is 2. The minimum Gasteiger partial charge on any atom is -0.325 e. The van der Waals surface area contributed by atoms with Gasteiger partial charge in [-0.05, 0) is 49.1 Å². The Balaban J connectivity index is 1.89. The molecule has 1 N–H and O–H groups in total. The third kappa shape index (κ3) is 4.67. The molecule has 2 aromatic carbocycles. The lowest BCUT2D eigenvalue weighted by Crippen LogP contribution is -2.23. The Labute approximate surface area is 159 Å². The second kappa shape index (κ2) is 8.41. The molecule has 1 atom stereocenters. The van der Waals surface area contributed by atoms with Crippen molar-refractivity contribution in [3.05, 3.63) is 95.3 Å². The van der Waals surface area contributed by atoms with Crippen LogP contribution in [0.1, 0.15) is 39.9 Å². The molecule has 0 bridgehead atoms. The van der Waals surface area contributed by atoms with Gasteiger partial charge in [-0.2, -0.15) is 0 Å². The third-order valence-electron chi connectivity index (χ3n) is 4.58. The summed E-state index contributed by atoms with van der Waals surface area (Å²) < 4.78 is 0. The van der Waals surface area contributed by atoms with Crippen LogP contribution < -0.4 is 5.32 Å². The van der Waals surface area contributed by atoms with E-state index in [2.05, 4.69) is 10.3 Å². The summed E-state index contributed by atoms with van der Waals surface area (Å²) in [6.45, 7) is 3.43. The number of pyridine rings is 1. The van der Waals surface area contributed by atoms with Crippen LogP contribution in [0, 0.1) is 6.92 Å². The molecular weight excluding hydrogens is 336 g/mol. The van der Waals surface area contributed by atoms with Crippen LogP contribution >= 0.6 is 0 Å². The van der Waals surface area contributed by atoms with Gasteiger partial charge in [0.05, 0.1) is 5.92 Å². The predicted octanol–water partition coefficient (Wildman–Crippen LogP) is 4.56. The Hall–Kier alpha value is -3.27. The summed E-state index contributed by atoms with van der Waals surface area (Å²) in [5.74, 6) is -0.481.